The first-order chi connectivity index (χ1) is 9.90. The average Bonchev–Trinajstić information content (AvgIpc) is 2.93. The fraction of sp³-hybridized carbons (Fsp3) is 0.688. The zero-order chi connectivity index (χ0) is 15.3. The molecule has 124 valence electrons. The van der Waals surface area contributed by atoms with E-state index in [1.165, 1.54) is 10.4 Å². The first kappa shape index (κ1) is 17.7. The lowest BCUT2D eigenvalue weighted by Gasteiger charge is -2.58. The monoisotopic (exact) mass is 344 g/mol. The first-order valence-electron chi connectivity index (χ1n) is 7.65. The molecule has 2 atom stereocenters. The second-order valence-corrected chi connectivity index (χ2v) is 7.69. The quantitative estimate of drug-likeness (QED) is 0.917. The summed E-state index contributed by atoms with van der Waals surface area (Å²) in [7, 11) is 0. The van der Waals surface area contributed by atoms with E-state index in [-0.39, 0.29) is 29.8 Å². The molecule has 2 unspecified atom stereocenters. The van der Waals surface area contributed by atoms with Gasteiger partial charge < -0.3 is 15.4 Å². The third-order valence-corrected chi connectivity index (χ3v) is 6.33. The lowest BCUT2D eigenvalue weighted by atomic mass is 9.54. The number of hydrogen-bond donors (Lipinski definition) is 1. The minimum absolute atomic E-state index is 0. The highest BCUT2D eigenvalue weighted by atomic mass is 35.5. The highest BCUT2D eigenvalue weighted by Gasteiger charge is 2.63. The highest BCUT2D eigenvalue weighted by Crippen LogP contribution is 2.50. The summed E-state index contributed by atoms with van der Waals surface area (Å²) >= 11 is 1.78. The fourth-order valence-electron chi connectivity index (χ4n) is 3.50. The predicted octanol–water partition coefficient (Wildman–Crippen LogP) is 2.59. The van der Waals surface area contributed by atoms with E-state index in [2.05, 4.69) is 25.3 Å². The van der Waals surface area contributed by atoms with Crippen molar-refractivity contribution in [3.05, 3.63) is 21.9 Å². The maximum absolute atomic E-state index is 12.9. The second kappa shape index (κ2) is 6.11. The molecule has 4 nitrogen and oxygen atoms in total. The molecule has 1 saturated carbocycles. The first-order valence-corrected chi connectivity index (χ1v) is 8.53. The maximum Gasteiger partial charge on any atom is 0.243 e. The lowest BCUT2D eigenvalue weighted by molar-refractivity contribution is -0.180. The van der Waals surface area contributed by atoms with Crippen LogP contribution in [-0.4, -0.2) is 35.6 Å². The molecule has 1 aromatic heterocycles. The van der Waals surface area contributed by atoms with Gasteiger partial charge in [-0.1, -0.05) is 13.8 Å². The lowest BCUT2D eigenvalue weighted by Crippen LogP contribution is -2.76. The van der Waals surface area contributed by atoms with Gasteiger partial charge in [0.05, 0.1) is 6.10 Å². The number of nitrogens with two attached hydrogens (primary N) is 1. The Morgan fingerprint density at radius 2 is 2.27 bits per heavy atom. The molecule has 2 N–H and O–H groups in total. The molecule has 0 spiro atoms. The summed E-state index contributed by atoms with van der Waals surface area (Å²) in [6.45, 7) is 8.23. The summed E-state index contributed by atoms with van der Waals surface area (Å²) in [6.07, 6.45) is 1.65. The molecule has 1 aromatic rings. The van der Waals surface area contributed by atoms with E-state index in [9.17, 15) is 4.79 Å². The van der Waals surface area contributed by atoms with E-state index in [4.69, 9.17) is 10.5 Å². The van der Waals surface area contributed by atoms with E-state index < -0.39 is 5.54 Å². The number of amides is 1. The number of ether oxygens (including phenoxy) is 1. The van der Waals surface area contributed by atoms with Gasteiger partial charge in [-0.25, -0.2) is 0 Å². The minimum atomic E-state index is -0.791. The molecular formula is C16H25ClN2O2S. The van der Waals surface area contributed by atoms with Crippen LogP contribution < -0.4 is 5.73 Å². The molecule has 1 fully saturated rings. The van der Waals surface area contributed by atoms with Crippen molar-refractivity contribution in [3.8, 4) is 0 Å². The van der Waals surface area contributed by atoms with Gasteiger partial charge in [0.15, 0.2) is 0 Å². The van der Waals surface area contributed by atoms with Gasteiger partial charge in [0, 0.05) is 36.4 Å². The Kier molecular flexibility index (Phi) is 4.93. The summed E-state index contributed by atoms with van der Waals surface area (Å²) in [6, 6.07) is 2.12. The van der Waals surface area contributed by atoms with Crippen LogP contribution in [0.3, 0.4) is 0 Å². The Morgan fingerprint density at radius 3 is 2.91 bits per heavy atom. The van der Waals surface area contributed by atoms with E-state index in [0.717, 1.165) is 13.0 Å². The number of carbonyl (C=O) groups is 1. The number of nitrogens with zero attached hydrogens (tertiary/aromatic N) is 1. The van der Waals surface area contributed by atoms with Crippen molar-refractivity contribution in [2.24, 2.45) is 11.1 Å². The number of hydrogen-bond acceptors (Lipinski definition) is 4. The van der Waals surface area contributed by atoms with Gasteiger partial charge in [0.2, 0.25) is 5.91 Å². The van der Waals surface area contributed by atoms with Crippen LogP contribution >= 0.6 is 23.7 Å². The normalized spacial score (nSPS) is 29.3. The predicted molar refractivity (Wildman–Crippen MR) is 91.4 cm³/mol. The molecule has 1 aliphatic heterocycles. The van der Waals surface area contributed by atoms with E-state index in [1.807, 2.05) is 11.8 Å². The van der Waals surface area contributed by atoms with Gasteiger partial charge in [-0.2, -0.15) is 0 Å². The molecule has 0 aromatic carbocycles. The summed E-state index contributed by atoms with van der Waals surface area (Å²) in [5.41, 5.74) is 6.68. The molecule has 22 heavy (non-hydrogen) atoms. The van der Waals surface area contributed by atoms with Crippen LogP contribution in [0.2, 0.25) is 0 Å². The number of rotatable bonds is 3. The van der Waals surface area contributed by atoms with Crippen LogP contribution in [0.1, 0.15) is 37.6 Å². The fourth-order valence-corrected chi connectivity index (χ4v) is 4.39. The van der Waals surface area contributed by atoms with Crippen molar-refractivity contribution in [2.45, 2.75) is 51.8 Å². The van der Waals surface area contributed by atoms with Crippen molar-refractivity contribution < 1.29 is 9.53 Å². The zero-order valence-electron chi connectivity index (χ0n) is 13.4. The Balaban J connectivity index is 0.00000176. The number of fused-ring (bicyclic) bond motifs is 1. The van der Waals surface area contributed by atoms with Gasteiger partial charge in [-0.05, 0) is 30.4 Å². The third-order valence-electron chi connectivity index (χ3n) is 5.31. The molecule has 0 radical (unpaired) electrons. The van der Waals surface area contributed by atoms with Crippen LogP contribution in [0.4, 0.5) is 0 Å². The van der Waals surface area contributed by atoms with Crippen molar-refractivity contribution in [1.29, 1.82) is 0 Å². The van der Waals surface area contributed by atoms with Crippen LogP contribution in [0.15, 0.2) is 11.4 Å². The SMILES string of the molecule is CCOC1CC(N)(C(=O)N2CCc3sccc3C2)C1(C)C.Cl. The molecular weight excluding hydrogens is 320 g/mol. The Bertz CT molecular complexity index is 560. The average molecular weight is 345 g/mol. The largest absolute Gasteiger partial charge is 0.378 e. The van der Waals surface area contributed by atoms with E-state index in [1.54, 1.807) is 11.3 Å². The molecule has 1 amide bonds. The summed E-state index contributed by atoms with van der Waals surface area (Å²) in [5, 5.41) is 2.11. The Labute approximate surface area is 142 Å². The van der Waals surface area contributed by atoms with Crippen LogP contribution in [0.5, 0.6) is 0 Å². The standard InChI is InChI=1S/C16H24N2O2S.ClH/c1-4-20-13-9-16(17,15(13,2)3)14(19)18-7-5-12-11(10-18)6-8-21-12;/h6,8,13H,4-5,7,9-10,17H2,1-3H3;1H. The molecule has 0 saturated heterocycles. The number of thiophene rings is 1. The van der Waals surface area contributed by atoms with Crippen LogP contribution in [0.25, 0.3) is 0 Å². The number of carbonyl (C=O) groups excluding carboxylic acids is 1. The molecule has 6 heteroatoms. The smallest absolute Gasteiger partial charge is 0.243 e. The summed E-state index contributed by atoms with van der Waals surface area (Å²) in [4.78, 5) is 16.3. The molecule has 1 aliphatic carbocycles. The Hall–Kier alpha value is -0.620. The molecule has 2 aliphatic rings. The van der Waals surface area contributed by atoms with Crippen molar-refractivity contribution in [1.82, 2.24) is 4.90 Å². The highest BCUT2D eigenvalue weighted by molar-refractivity contribution is 7.10. The van der Waals surface area contributed by atoms with Crippen molar-refractivity contribution in [2.75, 3.05) is 13.2 Å². The van der Waals surface area contributed by atoms with Crippen molar-refractivity contribution >= 4 is 29.7 Å². The van der Waals surface area contributed by atoms with Gasteiger partial charge >= 0.3 is 0 Å². The summed E-state index contributed by atoms with van der Waals surface area (Å²) < 4.78 is 5.72. The molecule has 3 rings (SSSR count). The minimum Gasteiger partial charge on any atom is -0.378 e. The van der Waals surface area contributed by atoms with Gasteiger partial charge in [0.1, 0.15) is 5.54 Å². The molecule has 0 bridgehead atoms. The molecule has 2 heterocycles. The summed E-state index contributed by atoms with van der Waals surface area (Å²) in [5.74, 6) is 0.0836. The maximum atomic E-state index is 12.9. The van der Waals surface area contributed by atoms with E-state index in [0.29, 0.717) is 19.6 Å². The van der Waals surface area contributed by atoms with Gasteiger partial charge in [-0.3, -0.25) is 4.79 Å². The second-order valence-electron chi connectivity index (χ2n) is 6.69. The van der Waals surface area contributed by atoms with Gasteiger partial charge in [0.25, 0.3) is 0 Å². The third kappa shape index (κ3) is 2.48. The topological polar surface area (TPSA) is 55.6 Å². The van der Waals surface area contributed by atoms with Crippen molar-refractivity contribution in [3.63, 3.8) is 0 Å². The van der Waals surface area contributed by atoms with Gasteiger partial charge in [-0.15, -0.1) is 23.7 Å². The van der Waals surface area contributed by atoms with Crippen LogP contribution in [0, 0.1) is 5.41 Å². The Morgan fingerprint density at radius 1 is 1.55 bits per heavy atom. The van der Waals surface area contributed by atoms with Crippen LogP contribution in [-0.2, 0) is 22.5 Å². The zero-order valence-corrected chi connectivity index (χ0v) is 15.1. The van der Waals surface area contributed by atoms with E-state index >= 15 is 0 Å². The number of halogens is 1.